The molecule has 1 atom stereocenters. The van der Waals surface area contributed by atoms with Gasteiger partial charge in [-0.05, 0) is 29.3 Å². The second kappa shape index (κ2) is 6.93. The quantitative estimate of drug-likeness (QED) is 0.533. The Morgan fingerprint density at radius 2 is 2.10 bits per heavy atom. The molecule has 0 aliphatic heterocycles. The topological polar surface area (TPSA) is 77.4 Å². The molecule has 0 amide bonds. The van der Waals surface area contributed by atoms with Gasteiger partial charge in [-0.25, -0.2) is 4.99 Å². The van der Waals surface area contributed by atoms with E-state index in [1.54, 1.807) is 6.07 Å². The number of benzene rings is 1. The van der Waals surface area contributed by atoms with Crippen LogP contribution in [-0.4, -0.2) is 19.6 Å². The van der Waals surface area contributed by atoms with Gasteiger partial charge in [0.1, 0.15) is 5.84 Å². The molecule has 0 spiro atoms. The predicted molar refractivity (Wildman–Crippen MR) is 78.9 cm³/mol. The molecule has 1 N–H and O–H groups in total. The molecule has 0 aliphatic carbocycles. The number of amidine groups is 1. The van der Waals surface area contributed by atoms with E-state index in [1.807, 2.05) is 37.3 Å². The van der Waals surface area contributed by atoms with Gasteiger partial charge in [0.25, 0.3) is 0 Å². The Hall–Kier alpha value is -2.05. The molecular weight excluding hydrogens is 274 g/mol. The molecule has 2 aromatic rings. The Kier molecular flexibility index (Phi) is 4.97. The van der Waals surface area contributed by atoms with Gasteiger partial charge in [-0.15, -0.1) is 0 Å². The fourth-order valence-corrected chi connectivity index (χ4v) is 2.05. The lowest BCUT2D eigenvalue weighted by molar-refractivity contribution is 0.537. The lowest BCUT2D eigenvalue weighted by Gasteiger charge is -2.11. The van der Waals surface area contributed by atoms with Gasteiger partial charge in [0, 0.05) is 24.5 Å². The molecule has 0 aliphatic rings. The largest absolute Gasteiger partial charge is 0.768 e. The molecule has 1 aromatic carbocycles. The van der Waals surface area contributed by atoms with Crippen molar-refractivity contribution in [2.45, 2.75) is 18.2 Å². The van der Waals surface area contributed by atoms with Crippen LogP contribution in [-0.2, 0) is 11.1 Å². The SMILES string of the molecule is CCC(=Nc1ccncc1S(=O)[O-])Nc1ccccc1. The zero-order valence-corrected chi connectivity index (χ0v) is 11.8. The zero-order valence-electron chi connectivity index (χ0n) is 10.9. The molecule has 0 saturated carbocycles. The molecule has 1 aromatic heterocycles. The molecular formula is C14H14N3O2S-. The zero-order chi connectivity index (χ0) is 14.4. The molecule has 104 valence electrons. The number of hydrogen-bond acceptors (Lipinski definition) is 4. The van der Waals surface area contributed by atoms with Gasteiger partial charge in [-0.2, -0.15) is 0 Å². The number of anilines is 1. The van der Waals surface area contributed by atoms with E-state index in [1.165, 1.54) is 12.4 Å². The molecule has 1 heterocycles. The third-order valence-electron chi connectivity index (χ3n) is 2.59. The summed E-state index contributed by atoms with van der Waals surface area (Å²) in [4.78, 5) is 8.26. The molecule has 2 rings (SSSR count). The third kappa shape index (κ3) is 3.72. The van der Waals surface area contributed by atoms with E-state index in [-0.39, 0.29) is 4.90 Å². The van der Waals surface area contributed by atoms with Crippen LogP contribution in [0.1, 0.15) is 13.3 Å². The van der Waals surface area contributed by atoms with Crippen molar-refractivity contribution in [1.82, 2.24) is 4.98 Å². The third-order valence-corrected chi connectivity index (χ3v) is 3.27. The average Bonchev–Trinajstić information content (AvgIpc) is 2.48. The highest BCUT2D eigenvalue weighted by Crippen LogP contribution is 2.21. The number of pyridine rings is 1. The van der Waals surface area contributed by atoms with Crippen molar-refractivity contribution in [2.75, 3.05) is 5.32 Å². The second-order valence-corrected chi connectivity index (χ2v) is 4.89. The van der Waals surface area contributed by atoms with E-state index in [2.05, 4.69) is 15.3 Å². The Labute approximate surface area is 120 Å². The Morgan fingerprint density at radius 3 is 2.75 bits per heavy atom. The molecule has 0 bridgehead atoms. The first kappa shape index (κ1) is 14.4. The summed E-state index contributed by atoms with van der Waals surface area (Å²) < 4.78 is 22.2. The van der Waals surface area contributed by atoms with Crippen LogP contribution in [0.3, 0.4) is 0 Å². The number of para-hydroxylation sites is 1. The number of aromatic nitrogens is 1. The number of rotatable bonds is 4. The van der Waals surface area contributed by atoms with Crippen molar-refractivity contribution in [3.63, 3.8) is 0 Å². The highest BCUT2D eigenvalue weighted by molar-refractivity contribution is 7.79. The fraction of sp³-hybridized carbons (Fsp3) is 0.143. The number of hydrogen-bond donors (Lipinski definition) is 1. The van der Waals surface area contributed by atoms with Crippen LogP contribution in [0.2, 0.25) is 0 Å². The van der Waals surface area contributed by atoms with Gasteiger partial charge in [0.15, 0.2) is 0 Å². The van der Waals surface area contributed by atoms with Crippen LogP contribution < -0.4 is 5.32 Å². The van der Waals surface area contributed by atoms with Gasteiger partial charge in [0.2, 0.25) is 0 Å². The maximum atomic E-state index is 11.1. The summed E-state index contributed by atoms with van der Waals surface area (Å²) in [5.74, 6) is 0.689. The van der Waals surface area contributed by atoms with Gasteiger partial charge in [-0.3, -0.25) is 9.19 Å². The predicted octanol–water partition coefficient (Wildman–Crippen LogP) is 2.87. The van der Waals surface area contributed by atoms with Crippen molar-refractivity contribution in [3.8, 4) is 0 Å². The monoisotopic (exact) mass is 288 g/mol. The molecule has 0 fully saturated rings. The Bertz CT molecular complexity index is 629. The summed E-state index contributed by atoms with van der Waals surface area (Å²) in [6, 6.07) is 11.2. The summed E-state index contributed by atoms with van der Waals surface area (Å²) in [5.41, 5.74) is 1.29. The summed E-state index contributed by atoms with van der Waals surface area (Å²) in [5, 5.41) is 3.17. The Balaban J connectivity index is 2.30. The van der Waals surface area contributed by atoms with Gasteiger partial charge >= 0.3 is 0 Å². The van der Waals surface area contributed by atoms with E-state index >= 15 is 0 Å². The van der Waals surface area contributed by atoms with Gasteiger partial charge in [0.05, 0.1) is 10.6 Å². The lowest BCUT2D eigenvalue weighted by Crippen LogP contribution is -2.10. The van der Waals surface area contributed by atoms with Crippen LogP contribution in [0.5, 0.6) is 0 Å². The highest BCUT2D eigenvalue weighted by atomic mass is 32.2. The van der Waals surface area contributed by atoms with Crippen molar-refractivity contribution >= 4 is 28.3 Å². The normalized spacial score (nSPS) is 13.0. The number of aliphatic imine (C=N–C) groups is 1. The first-order valence-corrected chi connectivity index (χ1v) is 7.21. The second-order valence-electron chi connectivity index (χ2n) is 3.98. The molecule has 1 unspecified atom stereocenters. The summed E-state index contributed by atoms with van der Waals surface area (Å²) in [6.45, 7) is 1.95. The maximum Gasteiger partial charge on any atom is 0.106 e. The van der Waals surface area contributed by atoms with E-state index < -0.39 is 11.1 Å². The number of nitrogens with zero attached hydrogens (tertiary/aromatic N) is 2. The highest BCUT2D eigenvalue weighted by Gasteiger charge is 2.04. The average molecular weight is 288 g/mol. The molecule has 0 radical (unpaired) electrons. The molecule has 20 heavy (non-hydrogen) atoms. The summed E-state index contributed by atoms with van der Waals surface area (Å²) >= 11 is -2.35. The van der Waals surface area contributed by atoms with E-state index in [9.17, 15) is 8.76 Å². The van der Waals surface area contributed by atoms with Crippen LogP contribution in [0, 0.1) is 0 Å². The fourth-order valence-electron chi connectivity index (χ4n) is 1.62. The smallest absolute Gasteiger partial charge is 0.106 e. The van der Waals surface area contributed by atoms with Crippen molar-refractivity contribution in [1.29, 1.82) is 0 Å². The minimum Gasteiger partial charge on any atom is -0.768 e. The first-order valence-electron chi connectivity index (χ1n) is 6.13. The van der Waals surface area contributed by atoms with Crippen LogP contribution in [0.15, 0.2) is 58.7 Å². The Morgan fingerprint density at radius 1 is 1.35 bits per heavy atom. The van der Waals surface area contributed by atoms with E-state index in [0.29, 0.717) is 17.9 Å². The van der Waals surface area contributed by atoms with Crippen LogP contribution >= 0.6 is 0 Å². The van der Waals surface area contributed by atoms with Crippen molar-refractivity contribution < 1.29 is 8.76 Å². The van der Waals surface area contributed by atoms with Gasteiger partial charge < -0.3 is 9.87 Å². The van der Waals surface area contributed by atoms with Crippen LogP contribution in [0.25, 0.3) is 0 Å². The summed E-state index contributed by atoms with van der Waals surface area (Å²) in [6.07, 6.45) is 3.46. The number of nitrogens with one attached hydrogen (secondary N) is 1. The minimum absolute atomic E-state index is 0.0910. The standard InChI is InChI=1S/C14H15N3O2S/c1-2-14(16-11-6-4-3-5-7-11)17-12-8-9-15-10-13(12)20(18)19/h3-10H,2H2,1H3,(H,18,19)(H,15,16,17)/p-1. The van der Waals surface area contributed by atoms with E-state index in [0.717, 1.165) is 5.69 Å². The first-order chi connectivity index (χ1) is 9.70. The maximum absolute atomic E-state index is 11.1. The summed E-state index contributed by atoms with van der Waals surface area (Å²) in [7, 11) is 0. The van der Waals surface area contributed by atoms with Crippen LogP contribution in [0.4, 0.5) is 11.4 Å². The van der Waals surface area contributed by atoms with Crippen molar-refractivity contribution in [3.05, 3.63) is 48.8 Å². The van der Waals surface area contributed by atoms with Gasteiger partial charge in [-0.1, -0.05) is 25.1 Å². The lowest BCUT2D eigenvalue weighted by atomic mass is 10.3. The van der Waals surface area contributed by atoms with E-state index in [4.69, 9.17) is 0 Å². The molecule has 6 heteroatoms. The molecule has 5 nitrogen and oxygen atoms in total. The van der Waals surface area contributed by atoms with Crippen molar-refractivity contribution in [2.24, 2.45) is 4.99 Å². The minimum atomic E-state index is -2.35. The molecule has 0 saturated heterocycles.